The maximum Gasteiger partial charge on any atom is 0.259 e. The minimum atomic E-state index is -0.379. The van der Waals surface area contributed by atoms with Gasteiger partial charge in [-0.2, -0.15) is 0 Å². The zero-order chi connectivity index (χ0) is 17.6. The summed E-state index contributed by atoms with van der Waals surface area (Å²) in [4.78, 5) is 12.8. The molecule has 2 aromatic rings. The molecule has 130 valence electrons. The molecule has 1 heterocycles. The van der Waals surface area contributed by atoms with Crippen molar-refractivity contribution in [1.29, 1.82) is 0 Å². The zero-order valence-electron chi connectivity index (χ0n) is 14.6. The van der Waals surface area contributed by atoms with E-state index in [9.17, 15) is 4.79 Å². The highest BCUT2D eigenvalue weighted by Crippen LogP contribution is 2.29. The summed E-state index contributed by atoms with van der Waals surface area (Å²) in [7, 11) is 3.07. The number of ether oxygens (including phenoxy) is 2. The SMILES string of the molecule is CCC(C)(CCc1ccno1)NC(=O)c1c(OC)cccc1OC. The Morgan fingerprint density at radius 3 is 2.42 bits per heavy atom. The quantitative estimate of drug-likeness (QED) is 0.803. The van der Waals surface area contributed by atoms with E-state index in [1.54, 1.807) is 24.4 Å². The third-order valence-corrected chi connectivity index (χ3v) is 4.26. The van der Waals surface area contributed by atoms with E-state index in [0.717, 1.165) is 18.6 Å². The van der Waals surface area contributed by atoms with Gasteiger partial charge in [-0.3, -0.25) is 4.79 Å². The van der Waals surface area contributed by atoms with Crippen molar-refractivity contribution >= 4 is 5.91 Å². The smallest absolute Gasteiger partial charge is 0.259 e. The van der Waals surface area contributed by atoms with E-state index in [4.69, 9.17) is 14.0 Å². The number of hydrogen-bond donors (Lipinski definition) is 1. The molecule has 0 bridgehead atoms. The van der Waals surface area contributed by atoms with Crippen LogP contribution in [0.5, 0.6) is 11.5 Å². The van der Waals surface area contributed by atoms with E-state index in [0.29, 0.717) is 23.5 Å². The van der Waals surface area contributed by atoms with Crippen LogP contribution in [-0.2, 0) is 6.42 Å². The van der Waals surface area contributed by atoms with Crippen LogP contribution in [0.2, 0.25) is 0 Å². The largest absolute Gasteiger partial charge is 0.496 e. The normalized spacial score (nSPS) is 13.2. The Morgan fingerprint density at radius 1 is 1.25 bits per heavy atom. The lowest BCUT2D eigenvalue weighted by atomic mass is 9.91. The third kappa shape index (κ3) is 4.07. The highest BCUT2D eigenvalue weighted by molar-refractivity contribution is 6.00. The van der Waals surface area contributed by atoms with Crippen LogP contribution in [0.15, 0.2) is 35.0 Å². The van der Waals surface area contributed by atoms with Crippen molar-refractivity contribution in [2.24, 2.45) is 0 Å². The van der Waals surface area contributed by atoms with E-state index < -0.39 is 0 Å². The number of rotatable bonds is 8. The Bertz CT molecular complexity index is 647. The number of amides is 1. The molecule has 6 nitrogen and oxygen atoms in total. The summed E-state index contributed by atoms with van der Waals surface area (Å²) < 4.78 is 15.8. The summed E-state index contributed by atoms with van der Waals surface area (Å²) in [5.41, 5.74) is 0.0253. The molecular weight excluding hydrogens is 308 g/mol. The second-order valence-corrected chi connectivity index (χ2v) is 5.88. The van der Waals surface area contributed by atoms with Crippen molar-refractivity contribution in [2.75, 3.05) is 14.2 Å². The summed E-state index contributed by atoms with van der Waals surface area (Å²) in [5.74, 6) is 1.56. The van der Waals surface area contributed by atoms with Gasteiger partial charge >= 0.3 is 0 Å². The molecule has 0 saturated carbocycles. The van der Waals surface area contributed by atoms with E-state index in [2.05, 4.69) is 10.5 Å². The molecule has 2 rings (SSSR count). The second-order valence-electron chi connectivity index (χ2n) is 5.88. The predicted molar refractivity (Wildman–Crippen MR) is 90.5 cm³/mol. The maximum atomic E-state index is 12.8. The van der Waals surface area contributed by atoms with Crippen LogP contribution < -0.4 is 14.8 Å². The summed E-state index contributed by atoms with van der Waals surface area (Å²) in [6, 6.07) is 7.11. The van der Waals surface area contributed by atoms with Crippen molar-refractivity contribution in [3.63, 3.8) is 0 Å². The molecule has 0 aliphatic rings. The Labute approximate surface area is 142 Å². The van der Waals surface area contributed by atoms with Crippen LogP contribution in [0.3, 0.4) is 0 Å². The first-order valence-electron chi connectivity index (χ1n) is 7.96. The predicted octanol–water partition coefficient (Wildman–Crippen LogP) is 3.22. The molecular formula is C18H24N2O4. The van der Waals surface area contributed by atoms with Crippen LogP contribution in [0.25, 0.3) is 0 Å². The molecule has 1 amide bonds. The lowest BCUT2D eigenvalue weighted by molar-refractivity contribution is 0.0891. The first-order chi connectivity index (χ1) is 11.5. The van der Waals surface area contributed by atoms with Gasteiger partial charge in [0.05, 0.1) is 20.4 Å². The highest BCUT2D eigenvalue weighted by atomic mass is 16.5. The lowest BCUT2D eigenvalue weighted by Crippen LogP contribution is -2.46. The summed E-state index contributed by atoms with van der Waals surface area (Å²) in [6.45, 7) is 4.06. The van der Waals surface area contributed by atoms with E-state index in [-0.39, 0.29) is 11.4 Å². The topological polar surface area (TPSA) is 73.6 Å². The lowest BCUT2D eigenvalue weighted by Gasteiger charge is -2.30. The molecule has 1 aromatic heterocycles. The van der Waals surface area contributed by atoms with E-state index in [1.165, 1.54) is 14.2 Å². The highest BCUT2D eigenvalue weighted by Gasteiger charge is 2.28. The maximum absolute atomic E-state index is 12.8. The molecule has 1 unspecified atom stereocenters. The number of carbonyl (C=O) groups is 1. The standard InChI is InChI=1S/C18H24N2O4/c1-5-18(2,11-9-13-10-12-19-24-13)20-17(21)16-14(22-3)7-6-8-15(16)23-4/h6-8,10,12H,5,9,11H2,1-4H3,(H,20,21). The molecule has 0 saturated heterocycles. The first kappa shape index (κ1) is 17.8. The summed E-state index contributed by atoms with van der Waals surface area (Å²) in [6.07, 6.45) is 3.84. The third-order valence-electron chi connectivity index (χ3n) is 4.26. The van der Waals surface area contributed by atoms with Crippen LogP contribution in [0, 0.1) is 0 Å². The first-order valence-corrected chi connectivity index (χ1v) is 7.96. The second kappa shape index (κ2) is 7.86. The van der Waals surface area contributed by atoms with Gasteiger partial charge in [-0.25, -0.2) is 0 Å². The molecule has 0 fully saturated rings. The number of nitrogens with zero attached hydrogens (tertiary/aromatic N) is 1. The number of benzene rings is 1. The van der Waals surface area contributed by atoms with Gasteiger partial charge in [0.1, 0.15) is 22.8 Å². The van der Waals surface area contributed by atoms with Gasteiger partial charge in [-0.1, -0.05) is 18.1 Å². The number of nitrogens with one attached hydrogen (secondary N) is 1. The molecule has 0 spiro atoms. The number of hydrogen-bond acceptors (Lipinski definition) is 5. The van der Waals surface area contributed by atoms with Gasteiger partial charge in [-0.05, 0) is 31.9 Å². The van der Waals surface area contributed by atoms with E-state index in [1.807, 2.05) is 19.9 Å². The molecule has 1 aromatic carbocycles. The molecule has 24 heavy (non-hydrogen) atoms. The average Bonchev–Trinajstić information content (AvgIpc) is 3.12. The van der Waals surface area contributed by atoms with Crippen molar-refractivity contribution in [3.8, 4) is 11.5 Å². The Kier molecular flexibility index (Phi) is 5.84. The molecule has 0 aliphatic carbocycles. The van der Waals surface area contributed by atoms with Crippen molar-refractivity contribution in [2.45, 2.75) is 38.6 Å². The van der Waals surface area contributed by atoms with Crippen molar-refractivity contribution < 1.29 is 18.8 Å². The Balaban J connectivity index is 2.16. The molecule has 0 aliphatic heterocycles. The summed E-state index contributed by atoms with van der Waals surface area (Å²) >= 11 is 0. The van der Waals surface area contributed by atoms with Crippen molar-refractivity contribution in [1.82, 2.24) is 10.5 Å². The average molecular weight is 332 g/mol. The fourth-order valence-corrected chi connectivity index (χ4v) is 2.51. The number of aryl methyl sites for hydroxylation is 1. The van der Waals surface area contributed by atoms with E-state index >= 15 is 0 Å². The molecule has 1 atom stereocenters. The molecule has 1 N–H and O–H groups in total. The molecule has 0 radical (unpaired) electrons. The van der Waals surface area contributed by atoms with Gasteiger partial charge in [0.2, 0.25) is 0 Å². The van der Waals surface area contributed by atoms with Gasteiger partial charge in [0, 0.05) is 18.0 Å². The van der Waals surface area contributed by atoms with Crippen molar-refractivity contribution in [3.05, 3.63) is 41.8 Å². The van der Waals surface area contributed by atoms with Gasteiger partial charge in [0.15, 0.2) is 0 Å². The van der Waals surface area contributed by atoms with Gasteiger partial charge < -0.3 is 19.3 Å². The monoisotopic (exact) mass is 332 g/mol. The molecule has 6 heteroatoms. The zero-order valence-corrected chi connectivity index (χ0v) is 14.6. The minimum Gasteiger partial charge on any atom is -0.496 e. The number of carbonyl (C=O) groups excluding carboxylic acids is 1. The fourth-order valence-electron chi connectivity index (χ4n) is 2.51. The van der Waals surface area contributed by atoms with Crippen LogP contribution in [0.4, 0.5) is 0 Å². The van der Waals surface area contributed by atoms with Crippen LogP contribution in [0.1, 0.15) is 42.8 Å². The van der Waals surface area contributed by atoms with Crippen LogP contribution >= 0.6 is 0 Å². The van der Waals surface area contributed by atoms with Gasteiger partial charge in [0.25, 0.3) is 5.91 Å². The number of aromatic nitrogens is 1. The minimum absolute atomic E-state index is 0.216. The Hall–Kier alpha value is -2.50. The number of methoxy groups -OCH3 is 2. The van der Waals surface area contributed by atoms with Gasteiger partial charge in [-0.15, -0.1) is 0 Å². The van der Waals surface area contributed by atoms with Crippen LogP contribution in [-0.4, -0.2) is 30.8 Å². The Morgan fingerprint density at radius 2 is 1.92 bits per heavy atom. The summed E-state index contributed by atoms with van der Waals surface area (Å²) in [5, 5.41) is 6.82. The fraction of sp³-hybridized carbons (Fsp3) is 0.444.